The van der Waals surface area contributed by atoms with Crippen molar-refractivity contribution >= 4 is 11.3 Å². The van der Waals surface area contributed by atoms with Crippen LogP contribution in [0.4, 0.5) is 5.69 Å². The second kappa shape index (κ2) is 10.1. The molecule has 0 amide bonds. The van der Waals surface area contributed by atoms with E-state index in [9.17, 15) is 0 Å². The number of hydrogen-bond donors (Lipinski definition) is 1. The van der Waals surface area contributed by atoms with E-state index in [1.54, 1.807) is 6.08 Å². The van der Waals surface area contributed by atoms with Crippen molar-refractivity contribution in [1.82, 2.24) is 0 Å². The first-order chi connectivity index (χ1) is 11.6. The highest BCUT2D eigenvalue weighted by Gasteiger charge is 2.29. The molecule has 0 aliphatic heterocycles. The van der Waals surface area contributed by atoms with E-state index in [4.69, 9.17) is 5.73 Å². The number of aryl methyl sites for hydroxylation is 1. The monoisotopic (exact) mass is 339 g/mol. The fourth-order valence-corrected chi connectivity index (χ4v) is 3.37. The van der Waals surface area contributed by atoms with Gasteiger partial charge in [0.1, 0.15) is 0 Å². The van der Waals surface area contributed by atoms with Gasteiger partial charge in [0.2, 0.25) is 0 Å². The quantitative estimate of drug-likeness (QED) is 0.438. The van der Waals surface area contributed by atoms with Gasteiger partial charge in [-0.15, -0.1) is 6.58 Å². The van der Waals surface area contributed by atoms with Crippen molar-refractivity contribution in [2.45, 2.75) is 61.3 Å². The first kappa shape index (κ1) is 23.0. The summed E-state index contributed by atoms with van der Waals surface area (Å²) < 4.78 is 0. The Kier molecular flexibility index (Phi) is 9.27. The van der Waals surface area contributed by atoms with Crippen molar-refractivity contribution in [3.63, 3.8) is 0 Å². The second-order valence-electron chi connectivity index (χ2n) is 7.25. The summed E-state index contributed by atoms with van der Waals surface area (Å²) >= 11 is 0. The Hall–Kier alpha value is -2.02. The van der Waals surface area contributed by atoms with Gasteiger partial charge >= 0.3 is 0 Å². The Morgan fingerprint density at radius 1 is 1.16 bits per heavy atom. The van der Waals surface area contributed by atoms with Crippen molar-refractivity contribution < 1.29 is 0 Å². The molecule has 0 aromatic heterocycles. The molecule has 0 spiro atoms. The van der Waals surface area contributed by atoms with Crippen LogP contribution in [0.25, 0.3) is 5.57 Å². The van der Waals surface area contributed by atoms with E-state index in [-0.39, 0.29) is 0 Å². The van der Waals surface area contributed by atoms with Crippen LogP contribution in [-0.4, -0.2) is 0 Å². The van der Waals surface area contributed by atoms with Gasteiger partial charge < -0.3 is 5.73 Å². The molecule has 0 radical (unpaired) electrons. The number of anilines is 1. The molecule has 2 N–H and O–H groups in total. The smallest absolute Gasteiger partial charge is 0.0393 e. The Bertz CT molecular complexity index is 657. The standard InChI is InChI=1S/C19H25N.C3H6.C2H6/c1-12-7-8-17(20)16(9-12)15(4)18-13(2)10-19(5,6)11-14(18)3;1-3-2;1-2/h7-9H,2,4,10-11,20H2,1,3,5-6H3;3H,1H2,2H3;1-2H3. The number of nitrogens with two attached hydrogens (primary N) is 1. The fourth-order valence-electron chi connectivity index (χ4n) is 3.37. The molecule has 1 aromatic rings. The maximum atomic E-state index is 6.13. The van der Waals surface area contributed by atoms with Gasteiger partial charge in [-0.25, -0.2) is 0 Å². The minimum atomic E-state index is 0.295. The van der Waals surface area contributed by atoms with Crippen LogP contribution >= 0.6 is 0 Å². The zero-order chi connectivity index (χ0) is 19.8. The molecule has 0 saturated carbocycles. The number of rotatable bonds is 2. The summed E-state index contributed by atoms with van der Waals surface area (Å²) in [6, 6.07) is 6.11. The van der Waals surface area contributed by atoms with E-state index in [0.717, 1.165) is 29.7 Å². The van der Waals surface area contributed by atoms with Crippen molar-refractivity contribution in [2.75, 3.05) is 5.73 Å². The fraction of sp³-hybridized carbons (Fsp3) is 0.417. The molecular weight excluding hydrogens is 302 g/mol. The zero-order valence-electron chi connectivity index (χ0n) is 17.4. The number of hydrogen-bond acceptors (Lipinski definition) is 1. The highest BCUT2D eigenvalue weighted by molar-refractivity contribution is 5.88. The van der Waals surface area contributed by atoms with E-state index in [2.05, 4.69) is 53.5 Å². The summed E-state index contributed by atoms with van der Waals surface area (Å²) in [5.74, 6) is 0. The lowest BCUT2D eigenvalue weighted by Gasteiger charge is -2.34. The maximum Gasteiger partial charge on any atom is 0.0393 e. The number of benzene rings is 1. The lowest BCUT2D eigenvalue weighted by molar-refractivity contribution is 0.350. The summed E-state index contributed by atoms with van der Waals surface area (Å²) in [5, 5.41) is 0. The molecule has 0 heterocycles. The summed E-state index contributed by atoms with van der Waals surface area (Å²) in [5.41, 5.74) is 14.3. The minimum Gasteiger partial charge on any atom is -0.398 e. The molecule has 1 aromatic carbocycles. The van der Waals surface area contributed by atoms with Crippen LogP contribution in [-0.2, 0) is 0 Å². The average molecular weight is 340 g/mol. The van der Waals surface area contributed by atoms with Gasteiger partial charge in [-0.1, -0.05) is 64.1 Å². The van der Waals surface area contributed by atoms with Crippen molar-refractivity contribution in [3.05, 3.63) is 71.9 Å². The van der Waals surface area contributed by atoms with Gasteiger partial charge in [-0.3, -0.25) is 0 Å². The van der Waals surface area contributed by atoms with E-state index < -0.39 is 0 Å². The molecule has 0 bridgehead atoms. The SMILES string of the molecule is C=C1CC(C)(C)CC(C)=C1C(=C)c1cc(C)ccc1N.C=CC.CC. The van der Waals surface area contributed by atoms with Gasteiger partial charge in [0.05, 0.1) is 0 Å². The lowest BCUT2D eigenvalue weighted by atomic mass is 9.70. The van der Waals surface area contributed by atoms with Gasteiger partial charge in [0.25, 0.3) is 0 Å². The molecule has 1 aliphatic carbocycles. The average Bonchev–Trinajstić information content (AvgIpc) is 2.50. The summed E-state index contributed by atoms with van der Waals surface area (Å²) in [7, 11) is 0. The van der Waals surface area contributed by atoms with E-state index in [1.807, 2.05) is 32.9 Å². The molecular formula is C24H37N. The van der Waals surface area contributed by atoms with Gasteiger partial charge in [-0.05, 0) is 67.9 Å². The van der Waals surface area contributed by atoms with Crippen LogP contribution in [0.1, 0.15) is 65.5 Å². The minimum absolute atomic E-state index is 0.295. The highest BCUT2D eigenvalue weighted by Crippen LogP contribution is 2.45. The first-order valence-corrected chi connectivity index (χ1v) is 9.13. The molecule has 138 valence electrons. The largest absolute Gasteiger partial charge is 0.398 e. The first-order valence-electron chi connectivity index (χ1n) is 9.13. The Labute approximate surface area is 156 Å². The predicted molar refractivity (Wildman–Crippen MR) is 117 cm³/mol. The zero-order valence-corrected chi connectivity index (χ0v) is 17.4. The number of nitrogen functional groups attached to an aromatic ring is 1. The third-order valence-electron chi connectivity index (χ3n) is 4.05. The molecule has 1 heteroatoms. The third kappa shape index (κ3) is 6.42. The molecule has 1 aliphatic rings. The van der Waals surface area contributed by atoms with Crippen LogP contribution in [0.3, 0.4) is 0 Å². The lowest BCUT2D eigenvalue weighted by Crippen LogP contribution is -2.19. The van der Waals surface area contributed by atoms with Crippen LogP contribution < -0.4 is 5.73 Å². The molecule has 0 fully saturated rings. The van der Waals surface area contributed by atoms with Gasteiger partial charge in [0, 0.05) is 11.3 Å². The topological polar surface area (TPSA) is 26.0 Å². The van der Waals surface area contributed by atoms with Crippen LogP contribution in [0.2, 0.25) is 0 Å². The molecule has 25 heavy (non-hydrogen) atoms. The molecule has 0 unspecified atom stereocenters. The van der Waals surface area contributed by atoms with Crippen LogP contribution in [0.15, 0.2) is 60.7 Å². The molecule has 0 saturated heterocycles. The molecule has 2 rings (SSSR count). The predicted octanol–water partition coefficient (Wildman–Crippen LogP) is 7.50. The third-order valence-corrected chi connectivity index (χ3v) is 4.05. The summed E-state index contributed by atoms with van der Waals surface area (Å²) in [6.45, 7) is 26.7. The maximum absolute atomic E-state index is 6.13. The Morgan fingerprint density at radius 3 is 2.16 bits per heavy atom. The van der Waals surface area contributed by atoms with Crippen molar-refractivity contribution in [3.8, 4) is 0 Å². The molecule has 1 nitrogen and oxygen atoms in total. The molecule has 0 atom stereocenters. The Morgan fingerprint density at radius 2 is 1.68 bits per heavy atom. The van der Waals surface area contributed by atoms with Gasteiger partial charge in [-0.2, -0.15) is 0 Å². The van der Waals surface area contributed by atoms with Crippen molar-refractivity contribution in [2.24, 2.45) is 5.41 Å². The summed E-state index contributed by atoms with van der Waals surface area (Å²) in [4.78, 5) is 0. The van der Waals surface area contributed by atoms with Gasteiger partial charge in [0.15, 0.2) is 0 Å². The second-order valence-corrected chi connectivity index (χ2v) is 7.25. The van der Waals surface area contributed by atoms with Crippen molar-refractivity contribution in [1.29, 1.82) is 0 Å². The van der Waals surface area contributed by atoms with Crippen LogP contribution in [0.5, 0.6) is 0 Å². The normalized spacial score (nSPS) is 15.4. The van der Waals surface area contributed by atoms with Crippen LogP contribution in [0, 0.1) is 12.3 Å². The van der Waals surface area contributed by atoms with E-state index in [1.165, 1.54) is 22.3 Å². The van der Waals surface area contributed by atoms with E-state index in [0.29, 0.717) is 5.41 Å². The highest BCUT2D eigenvalue weighted by atomic mass is 14.6. The summed E-state index contributed by atoms with van der Waals surface area (Å²) in [6.07, 6.45) is 3.86. The number of allylic oxidation sites excluding steroid dienone is 5. The Balaban J connectivity index is 0.00000104. The van der Waals surface area contributed by atoms with E-state index >= 15 is 0 Å².